The fraction of sp³-hybridized carbons (Fsp3) is 0.133. The van der Waals surface area contributed by atoms with Crippen molar-refractivity contribution in [3.63, 3.8) is 0 Å². The lowest BCUT2D eigenvalue weighted by Gasteiger charge is -2.09. The second kappa shape index (κ2) is 6.54. The van der Waals surface area contributed by atoms with Crippen LogP contribution in [0.5, 0.6) is 5.75 Å². The Labute approximate surface area is 125 Å². The summed E-state index contributed by atoms with van der Waals surface area (Å²) in [6, 6.07) is 7.92. The zero-order chi connectivity index (χ0) is 15.4. The van der Waals surface area contributed by atoms with Crippen LogP contribution < -0.4 is 10.1 Å². The number of hydrogen-bond acceptors (Lipinski definition) is 2. The number of amides is 1. The number of aryl methyl sites for hydroxylation is 1. The van der Waals surface area contributed by atoms with Crippen molar-refractivity contribution >= 4 is 23.2 Å². The normalized spacial score (nSPS) is 10.3. The molecule has 0 aliphatic carbocycles. The molecule has 0 fully saturated rings. The Hall–Kier alpha value is -2.14. The van der Waals surface area contributed by atoms with Gasteiger partial charge in [0.05, 0.1) is 0 Å². The number of nitrogens with one attached hydrogen (secondary N) is 1. The summed E-state index contributed by atoms with van der Waals surface area (Å²) in [5.41, 5.74) is 1.40. The topological polar surface area (TPSA) is 38.3 Å². The van der Waals surface area contributed by atoms with Crippen LogP contribution in [0.3, 0.4) is 0 Å². The quantitative estimate of drug-likeness (QED) is 0.928. The van der Waals surface area contributed by atoms with Gasteiger partial charge in [0.1, 0.15) is 5.82 Å². The smallest absolute Gasteiger partial charge is 0.262 e. The van der Waals surface area contributed by atoms with Crippen LogP contribution in [0.25, 0.3) is 0 Å². The van der Waals surface area contributed by atoms with Crippen molar-refractivity contribution < 1.29 is 18.3 Å². The van der Waals surface area contributed by atoms with E-state index in [1.165, 1.54) is 0 Å². The zero-order valence-corrected chi connectivity index (χ0v) is 11.9. The molecule has 1 N–H and O–H groups in total. The third kappa shape index (κ3) is 4.16. The third-order valence-electron chi connectivity index (χ3n) is 2.71. The molecule has 110 valence electrons. The van der Waals surface area contributed by atoms with Gasteiger partial charge in [-0.3, -0.25) is 4.79 Å². The Morgan fingerprint density at radius 1 is 1.24 bits per heavy atom. The van der Waals surface area contributed by atoms with E-state index in [1.54, 1.807) is 18.2 Å². The highest BCUT2D eigenvalue weighted by molar-refractivity contribution is 6.31. The first-order valence-electron chi connectivity index (χ1n) is 6.09. The fourth-order valence-corrected chi connectivity index (χ4v) is 1.78. The molecule has 1 amide bonds. The molecule has 0 heterocycles. The molecule has 0 saturated carbocycles. The van der Waals surface area contributed by atoms with Gasteiger partial charge in [-0.15, -0.1) is 0 Å². The van der Waals surface area contributed by atoms with E-state index in [9.17, 15) is 13.6 Å². The second-order valence-electron chi connectivity index (χ2n) is 4.38. The lowest BCUT2D eigenvalue weighted by atomic mass is 10.2. The number of anilines is 1. The number of halogens is 3. The highest BCUT2D eigenvalue weighted by Gasteiger charge is 2.09. The number of ether oxygens (including phenoxy) is 1. The number of benzene rings is 2. The predicted octanol–water partition coefficient (Wildman–Crippen LogP) is 3.94. The van der Waals surface area contributed by atoms with E-state index in [-0.39, 0.29) is 5.75 Å². The Morgan fingerprint density at radius 2 is 2.00 bits per heavy atom. The van der Waals surface area contributed by atoms with E-state index in [0.717, 1.165) is 17.7 Å². The number of rotatable bonds is 4. The van der Waals surface area contributed by atoms with Crippen LogP contribution in [0, 0.1) is 18.6 Å². The molecule has 0 bridgehead atoms. The Kier molecular flexibility index (Phi) is 4.75. The molecule has 2 rings (SSSR count). The molecule has 0 atom stereocenters. The molecule has 0 aliphatic heterocycles. The monoisotopic (exact) mass is 311 g/mol. The van der Waals surface area contributed by atoms with Gasteiger partial charge in [-0.25, -0.2) is 8.78 Å². The van der Waals surface area contributed by atoms with Crippen molar-refractivity contribution in [3.8, 4) is 5.75 Å². The summed E-state index contributed by atoms with van der Waals surface area (Å²) in [5.74, 6) is -2.23. The van der Waals surface area contributed by atoms with E-state index >= 15 is 0 Å². The average Bonchev–Trinajstić information content (AvgIpc) is 2.42. The largest absolute Gasteiger partial charge is 0.481 e. The summed E-state index contributed by atoms with van der Waals surface area (Å²) < 4.78 is 31.0. The lowest BCUT2D eigenvalue weighted by molar-refractivity contribution is -0.118. The molecule has 0 unspecified atom stereocenters. The molecule has 6 heteroatoms. The standard InChI is InChI=1S/C15H12ClF2NO2/c1-9-2-4-11(7-12(9)16)19-15(20)8-21-14-5-3-10(17)6-13(14)18/h2-7H,8H2,1H3,(H,19,20). The van der Waals surface area contributed by atoms with Crippen molar-refractivity contribution in [2.75, 3.05) is 11.9 Å². The van der Waals surface area contributed by atoms with E-state index in [2.05, 4.69) is 5.32 Å². The van der Waals surface area contributed by atoms with Crippen molar-refractivity contribution in [2.45, 2.75) is 6.92 Å². The van der Waals surface area contributed by atoms with Crippen LogP contribution >= 0.6 is 11.6 Å². The Balaban J connectivity index is 1.94. The van der Waals surface area contributed by atoms with Gasteiger partial charge in [-0.05, 0) is 36.8 Å². The summed E-state index contributed by atoms with van der Waals surface area (Å²) in [7, 11) is 0. The van der Waals surface area contributed by atoms with Crippen molar-refractivity contribution in [3.05, 3.63) is 58.6 Å². The molecule has 0 saturated heterocycles. The maximum absolute atomic E-state index is 13.3. The van der Waals surface area contributed by atoms with Gasteiger partial charge in [-0.2, -0.15) is 0 Å². The molecule has 0 radical (unpaired) electrons. The summed E-state index contributed by atoms with van der Waals surface area (Å²) in [4.78, 5) is 11.7. The van der Waals surface area contributed by atoms with Crippen LogP contribution in [-0.2, 0) is 4.79 Å². The lowest BCUT2D eigenvalue weighted by Crippen LogP contribution is -2.20. The van der Waals surface area contributed by atoms with Crippen LogP contribution in [0.2, 0.25) is 5.02 Å². The van der Waals surface area contributed by atoms with Crippen LogP contribution in [0.1, 0.15) is 5.56 Å². The predicted molar refractivity (Wildman–Crippen MR) is 76.7 cm³/mol. The van der Waals surface area contributed by atoms with Gasteiger partial charge in [0.2, 0.25) is 0 Å². The van der Waals surface area contributed by atoms with Crippen molar-refractivity contribution in [1.82, 2.24) is 0 Å². The van der Waals surface area contributed by atoms with Crippen LogP contribution in [-0.4, -0.2) is 12.5 Å². The highest BCUT2D eigenvalue weighted by atomic mass is 35.5. The van der Waals surface area contributed by atoms with E-state index in [1.807, 2.05) is 6.92 Å². The maximum Gasteiger partial charge on any atom is 0.262 e. The minimum atomic E-state index is -0.860. The highest BCUT2D eigenvalue weighted by Crippen LogP contribution is 2.20. The molecule has 0 aliphatic rings. The summed E-state index contributed by atoms with van der Waals surface area (Å²) in [5, 5.41) is 3.09. The molecule has 2 aromatic rings. The van der Waals surface area contributed by atoms with Gasteiger partial charge >= 0.3 is 0 Å². The number of hydrogen-bond donors (Lipinski definition) is 1. The van der Waals surface area contributed by atoms with Crippen LogP contribution in [0.15, 0.2) is 36.4 Å². The van der Waals surface area contributed by atoms with E-state index in [4.69, 9.17) is 16.3 Å². The van der Waals surface area contributed by atoms with Gasteiger partial charge in [0.15, 0.2) is 18.2 Å². The first kappa shape index (κ1) is 15.3. The summed E-state index contributed by atoms with van der Waals surface area (Å²) in [6.07, 6.45) is 0. The molecule has 21 heavy (non-hydrogen) atoms. The molecule has 0 spiro atoms. The van der Waals surface area contributed by atoms with Gasteiger partial charge in [-0.1, -0.05) is 17.7 Å². The van der Waals surface area contributed by atoms with Crippen molar-refractivity contribution in [2.24, 2.45) is 0 Å². The first-order valence-corrected chi connectivity index (χ1v) is 6.47. The molecular formula is C15H12ClF2NO2. The van der Waals surface area contributed by atoms with E-state index < -0.39 is 24.1 Å². The van der Waals surface area contributed by atoms with Crippen molar-refractivity contribution in [1.29, 1.82) is 0 Å². The molecule has 2 aromatic carbocycles. The average molecular weight is 312 g/mol. The maximum atomic E-state index is 13.3. The number of carbonyl (C=O) groups excluding carboxylic acids is 1. The SMILES string of the molecule is Cc1ccc(NC(=O)COc2ccc(F)cc2F)cc1Cl. The van der Waals surface area contributed by atoms with Gasteiger partial charge in [0.25, 0.3) is 5.91 Å². The first-order chi connectivity index (χ1) is 9.95. The zero-order valence-electron chi connectivity index (χ0n) is 11.1. The van der Waals surface area contributed by atoms with Crippen LogP contribution in [0.4, 0.5) is 14.5 Å². The minimum absolute atomic E-state index is 0.187. The molecule has 3 nitrogen and oxygen atoms in total. The summed E-state index contributed by atoms with van der Waals surface area (Å²) >= 11 is 5.94. The molecule has 0 aromatic heterocycles. The Morgan fingerprint density at radius 3 is 2.67 bits per heavy atom. The fourth-order valence-electron chi connectivity index (χ4n) is 1.60. The third-order valence-corrected chi connectivity index (χ3v) is 3.12. The Bertz CT molecular complexity index is 677. The van der Waals surface area contributed by atoms with Gasteiger partial charge < -0.3 is 10.1 Å². The minimum Gasteiger partial charge on any atom is -0.481 e. The summed E-state index contributed by atoms with van der Waals surface area (Å²) in [6.45, 7) is 1.45. The second-order valence-corrected chi connectivity index (χ2v) is 4.78. The number of carbonyl (C=O) groups is 1. The van der Waals surface area contributed by atoms with Gasteiger partial charge in [0, 0.05) is 16.8 Å². The molecular weight excluding hydrogens is 300 g/mol. The van der Waals surface area contributed by atoms with E-state index in [0.29, 0.717) is 16.8 Å².